The molecular formula is C3H11BrSi. The summed E-state index contributed by atoms with van der Waals surface area (Å²) in [5.41, 5.74) is 0. The lowest BCUT2D eigenvalue weighted by Crippen LogP contribution is -1.69. The first-order chi connectivity index (χ1) is 1.73. The second kappa shape index (κ2) is 4.70. The van der Waals surface area contributed by atoms with Crippen LogP contribution in [0.5, 0.6) is 0 Å². The minimum atomic E-state index is 0. The predicted octanol–water partition coefficient (Wildman–Crippen LogP) is 0.338. The van der Waals surface area contributed by atoms with Crippen LogP contribution in [0.2, 0.25) is 0 Å². The van der Waals surface area contributed by atoms with Gasteiger partial charge in [-0.3, -0.25) is 0 Å². The van der Waals surface area contributed by atoms with Crippen molar-refractivity contribution in [2.45, 2.75) is 18.7 Å². The summed E-state index contributed by atoms with van der Waals surface area (Å²) < 4.78 is 0. The molecule has 0 bridgehead atoms. The highest BCUT2D eigenvalue weighted by molar-refractivity contribution is 9.09. The fourth-order valence-corrected chi connectivity index (χ4v) is 0. The van der Waals surface area contributed by atoms with Gasteiger partial charge in [0.05, 0.1) is 0 Å². The van der Waals surface area contributed by atoms with E-state index in [0.717, 1.165) is 0 Å². The maximum atomic E-state index is 3.27. The third kappa shape index (κ3) is 70.3. The van der Waals surface area contributed by atoms with Gasteiger partial charge in [-0.05, 0) is 11.0 Å². The monoisotopic (exact) mass is 154 g/mol. The van der Waals surface area contributed by atoms with Gasteiger partial charge in [0.1, 0.15) is 0 Å². The summed E-state index contributed by atoms with van der Waals surface area (Å²) in [6.07, 6.45) is 0. The molecular weight excluding hydrogens is 144 g/mol. The van der Waals surface area contributed by atoms with Gasteiger partial charge in [-0.25, -0.2) is 0 Å². The van der Waals surface area contributed by atoms with E-state index < -0.39 is 0 Å². The summed E-state index contributed by atoms with van der Waals surface area (Å²) in [5, 5.41) is 0. The van der Waals surface area contributed by atoms with Crippen molar-refractivity contribution in [1.29, 1.82) is 0 Å². The molecule has 0 saturated carbocycles. The van der Waals surface area contributed by atoms with E-state index in [2.05, 4.69) is 29.8 Å². The fraction of sp³-hybridized carbons (Fsp3) is 1.00. The second-order valence-corrected chi connectivity index (χ2v) is 2.85. The molecule has 2 heteroatoms. The van der Waals surface area contributed by atoms with Crippen LogP contribution in [0.4, 0.5) is 0 Å². The molecule has 0 aliphatic heterocycles. The lowest BCUT2D eigenvalue weighted by atomic mass is 10.6. The van der Waals surface area contributed by atoms with E-state index >= 15 is 0 Å². The summed E-state index contributed by atoms with van der Waals surface area (Å²) in [4.78, 5) is 0.646. The van der Waals surface area contributed by atoms with Gasteiger partial charge < -0.3 is 0 Å². The maximum Gasteiger partial charge on any atom is 0.00888 e. The molecule has 0 unspecified atom stereocenters. The van der Waals surface area contributed by atoms with Crippen LogP contribution in [0, 0.1) is 0 Å². The quantitative estimate of drug-likeness (QED) is 0.349. The number of alkyl halides is 1. The van der Waals surface area contributed by atoms with Crippen molar-refractivity contribution < 1.29 is 0 Å². The molecule has 5 heavy (non-hydrogen) atoms. The van der Waals surface area contributed by atoms with E-state index in [1.807, 2.05) is 0 Å². The largest absolute Gasteiger partial charge is 0.0897 e. The molecule has 0 atom stereocenters. The maximum absolute atomic E-state index is 3.27. The molecule has 0 N–H and O–H groups in total. The number of hydrogen-bond donors (Lipinski definition) is 0. The van der Waals surface area contributed by atoms with Crippen LogP contribution in [-0.4, -0.2) is 15.8 Å². The van der Waals surface area contributed by atoms with Crippen molar-refractivity contribution in [2.24, 2.45) is 0 Å². The predicted molar refractivity (Wildman–Crippen MR) is 35.4 cm³/mol. The fourth-order valence-electron chi connectivity index (χ4n) is 0. The van der Waals surface area contributed by atoms with E-state index in [0.29, 0.717) is 4.83 Å². The standard InChI is InChI=1S/C3H7Br.H4Si/c1-3(2)4;/h3H,1-2H3;1H4. The Kier molecular flexibility index (Phi) is 8.64. The van der Waals surface area contributed by atoms with Gasteiger partial charge in [0.25, 0.3) is 0 Å². The molecule has 0 heterocycles. The molecule has 0 aromatic carbocycles. The van der Waals surface area contributed by atoms with Crippen LogP contribution in [0.15, 0.2) is 0 Å². The highest BCUT2D eigenvalue weighted by Crippen LogP contribution is 1.89. The average Bonchev–Trinajstić information content (AvgIpc) is 0.811. The average molecular weight is 155 g/mol. The smallest absolute Gasteiger partial charge is 0.00888 e. The van der Waals surface area contributed by atoms with Crippen LogP contribution in [0.3, 0.4) is 0 Å². The zero-order chi connectivity index (χ0) is 3.58. The van der Waals surface area contributed by atoms with Gasteiger partial charge in [0.2, 0.25) is 0 Å². The molecule has 0 aliphatic carbocycles. The van der Waals surface area contributed by atoms with Gasteiger partial charge in [0.15, 0.2) is 0 Å². The first-order valence-corrected chi connectivity index (χ1v) is 2.29. The van der Waals surface area contributed by atoms with Crippen LogP contribution in [0.25, 0.3) is 0 Å². The van der Waals surface area contributed by atoms with Crippen LogP contribution < -0.4 is 0 Å². The Morgan fingerprint density at radius 2 is 1.40 bits per heavy atom. The first-order valence-electron chi connectivity index (χ1n) is 1.37. The summed E-state index contributed by atoms with van der Waals surface area (Å²) in [5.74, 6) is 0. The Balaban J connectivity index is 0. The Labute approximate surface area is 46.1 Å². The lowest BCUT2D eigenvalue weighted by Gasteiger charge is -1.76. The van der Waals surface area contributed by atoms with Gasteiger partial charge in [-0.15, -0.1) is 0 Å². The van der Waals surface area contributed by atoms with E-state index in [9.17, 15) is 0 Å². The molecule has 0 radical (unpaired) electrons. The SMILES string of the molecule is CC(C)Br.[SiH4]. The van der Waals surface area contributed by atoms with Crippen molar-refractivity contribution in [3.05, 3.63) is 0 Å². The van der Waals surface area contributed by atoms with Crippen molar-refractivity contribution >= 4 is 26.9 Å². The van der Waals surface area contributed by atoms with Crippen molar-refractivity contribution in [1.82, 2.24) is 0 Å². The number of rotatable bonds is 0. The van der Waals surface area contributed by atoms with E-state index in [-0.39, 0.29) is 11.0 Å². The zero-order valence-corrected chi connectivity index (χ0v) is 4.54. The zero-order valence-electron chi connectivity index (χ0n) is 2.96. The summed E-state index contributed by atoms with van der Waals surface area (Å²) >= 11 is 3.27. The lowest BCUT2D eigenvalue weighted by molar-refractivity contribution is 1.14. The van der Waals surface area contributed by atoms with Gasteiger partial charge >= 0.3 is 0 Å². The molecule has 0 aromatic rings. The van der Waals surface area contributed by atoms with Crippen molar-refractivity contribution in [2.75, 3.05) is 0 Å². The van der Waals surface area contributed by atoms with Crippen LogP contribution >= 0.6 is 15.9 Å². The van der Waals surface area contributed by atoms with E-state index in [1.54, 1.807) is 0 Å². The number of hydrogen-bond acceptors (Lipinski definition) is 0. The molecule has 0 saturated heterocycles. The van der Waals surface area contributed by atoms with Crippen LogP contribution in [-0.2, 0) is 0 Å². The topological polar surface area (TPSA) is 0 Å². The Morgan fingerprint density at radius 1 is 1.40 bits per heavy atom. The number of halogens is 1. The summed E-state index contributed by atoms with van der Waals surface area (Å²) in [6.45, 7) is 4.17. The molecule has 34 valence electrons. The Hall–Kier alpha value is 0.697. The normalized spacial score (nSPS) is 7.20. The van der Waals surface area contributed by atoms with Gasteiger partial charge in [-0.1, -0.05) is 29.8 Å². The molecule has 0 aromatic heterocycles. The molecule has 0 nitrogen and oxygen atoms in total. The third-order valence-corrected chi connectivity index (χ3v) is 0. The minimum Gasteiger partial charge on any atom is -0.0897 e. The summed E-state index contributed by atoms with van der Waals surface area (Å²) in [7, 11) is 0. The highest BCUT2D eigenvalue weighted by Gasteiger charge is 1.71. The molecule has 0 rings (SSSR count). The molecule has 0 aliphatic rings. The minimum absolute atomic E-state index is 0. The second-order valence-electron chi connectivity index (χ2n) is 1.01. The third-order valence-electron chi connectivity index (χ3n) is 0. The van der Waals surface area contributed by atoms with Crippen molar-refractivity contribution in [3.8, 4) is 0 Å². The highest BCUT2D eigenvalue weighted by atomic mass is 79.9. The molecule has 0 spiro atoms. The summed E-state index contributed by atoms with van der Waals surface area (Å²) in [6, 6.07) is 0. The van der Waals surface area contributed by atoms with E-state index in [1.165, 1.54) is 0 Å². The Morgan fingerprint density at radius 3 is 1.40 bits per heavy atom. The molecule has 0 fully saturated rings. The molecule has 0 amide bonds. The van der Waals surface area contributed by atoms with E-state index in [4.69, 9.17) is 0 Å². The first kappa shape index (κ1) is 9.20. The Bertz CT molecular complexity index is 11.6. The van der Waals surface area contributed by atoms with Gasteiger partial charge in [0, 0.05) is 4.83 Å². The van der Waals surface area contributed by atoms with Crippen LogP contribution in [0.1, 0.15) is 13.8 Å². The van der Waals surface area contributed by atoms with Gasteiger partial charge in [-0.2, -0.15) is 0 Å². The van der Waals surface area contributed by atoms with Crippen molar-refractivity contribution in [3.63, 3.8) is 0 Å².